The maximum atomic E-state index is 12.4. The molecule has 0 amide bonds. The molecule has 2 nitrogen and oxygen atoms in total. The Hall–Kier alpha value is -1.80. The summed E-state index contributed by atoms with van der Waals surface area (Å²) in [7, 11) is 0. The van der Waals surface area contributed by atoms with Gasteiger partial charge in [0.1, 0.15) is 0 Å². The first kappa shape index (κ1) is 14.6. The molecule has 0 atom stereocenters. The molecule has 0 spiro atoms. The number of Topliss-reactive ketones (excluding diaryl/α,β-unsaturated/α-hetero) is 1. The minimum absolute atomic E-state index is 0.0574. The monoisotopic (exact) mass is 287 g/mol. The Morgan fingerprint density at radius 3 is 2.25 bits per heavy atom. The van der Waals surface area contributed by atoms with Crippen molar-refractivity contribution in [3.63, 3.8) is 0 Å². The largest absolute Gasteiger partial charge is 0.398 e. The molecule has 0 bridgehead atoms. The van der Waals surface area contributed by atoms with Gasteiger partial charge in [-0.15, -0.1) is 0 Å². The van der Waals surface area contributed by atoms with E-state index in [0.717, 1.165) is 16.7 Å². The van der Waals surface area contributed by atoms with Crippen molar-refractivity contribution in [2.45, 2.75) is 27.2 Å². The summed E-state index contributed by atoms with van der Waals surface area (Å²) >= 11 is 5.97. The highest BCUT2D eigenvalue weighted by atomic mass is 35.5. The minimum atomic E-state index is 0.0574. The van der Waals surface area contributed by atoms with Gasteiger partial charge in [-0.1, -0.05) is 29.3 Å². The second-order valence-electron chi connectivity index (χ2n) is 5.21. The van der Waals surface area contributed by atoms with Gasteiger partial charge < -0.3 is 5.73 Å². The number of benzene rings is 2. The number of hydrogen-bond acceptors (Lipinski definition) is 2. The van der Waals surface area contributed by atoms with Crippen LogP contribution < -0.4 is 5.73 Å². The fourth-order valence-corrected chi connectivity index (χ4v) is 2.63. The Kier molecular flexibility index (Phi) is 4.15. The molecule has 0 radical (unpaired) electrons. The van der Waals surface area contributed by atoms with Gasteiger partial charge in [-0.05, 0) is 55.7 Å². The molecular weight excluding hydrogens is 270 g/mol. The minimum Gasteiger partial charge on any atom is -0.398 e. The summed E-state index contributed by atoms with van der Waals surface area (Å²) in [5.74, 6) is 0.0574. The molecule has 0 aromatic heterocycles. The molecule has 20 heavy (non-hydrogen) atoms. The van der Waals surface area contributed by atoms with E-state index in [-0.39, 0.29) is 5.78 Å². The first-order valence-electron chi connectivity index (χ1n) is 6.53. The number of nitrogen functional groups attached to an aromatic ring is 1. The Bertz CT molecular complexity index is 654. The van der Waals surface area contributed by atoms with E-state index >= 15 is 0 Å². The summed E-state index contributed by atoms with van der Waals surface area (Å²) in [5, 5.41) is 0.424. The molecule has 0 saturated carbocycles. The van der Waals surface area contributed by atoms with Crippen molar-refractivity contribution in [1.82, 2.24) is 0 Å². The van der Waals surface area contributed by atoms with Crippen LogP contribution in [0.3, 0.4) is 0 Å². The second-order valence-corrected chi connectivity index (χ2v) is 5.62. The highest BCUT2D eigenvalue weighted by Gasteiger charge is 2.12. The molecule has 0 unspecified atom stereocenters. The number of anilines is 1. The highest BCUT2D eigenvalue weighted by molar-refractivity contribution is 6.33. The van der Waals surface area contributed by atoms with Crippen molar-refractivity contribution in [2.75, 3.05) is 5.73 Å². The lowest BCUT2D eigenvalue weighted by atomic mass is 9.94. The van der Waals surface area contributed by atoms with E-state index < -0.39 is 0 Å². The number of hydrogen-bond donors (Lipinski definition) is 1. The third-order valence-electron chi connectivity index (χ3n) is 3.50. The fourth-order valence-electron chi connectivity index (χ4n) is 2.45. The number of carbonyl (C=O) groups is 1. The van der Waals surface area contributed by atoms with Crippen LogP contribution in [0, 0.1) is 20.8 Å². The standard InChI is InChI=1S/C17H18ClNO/c1-10-6-11(2)14(12(3)7-10)9-17(20)13-4-5-16(19)15(18)8-13/h4-8H,9,19H2,1-3H3. The quantitative estimate of drug-likeness (QED) is 0.676. The summed E-state index contributed by atoms with van der Waals surface area (Å²) in [6.07, 6.45) is 0.387. The van der Waals surface area contributed by atoms with E-state index in [1.165, 1.54) is 5.56 Å². The molecule has 0 aliphatic heterocycles. The van der Waals surface area contributed by atoms with Crippen molar-refractivity contribution >= 4 is 23.1 Å². The SMILES string of the molecule is Cc1cc(C)c(CC(=O)c2ccc(N)c(Cl)c2)c(C)c1. The molecule has 0 fully saturated rings. The van der Waals surface area contributed by atoms with E-state index in [4.69, 9.17) is 17.3 Å². The van der Waals surface area contributed by atoms with E-state index in [0.29, 0.717) is 22.7 Å². The second kappa shape index (κ2) is 5.68. The first-order valence-corrected chi connectivity index (χ1v) is 6.91. The Labute approximate surface area is 124 Å². The zero-order chi connectivity index (χ0) is 14.9. The third-order valence-corrected chi connectivity index (χ3v) is 3.83. The zero-order valence-electron chi connectivity index (χ0n) is 12.0. The predicted molar refractivity (Wildman–Crippen MR) is 84.6 cm³/mol. The van der Waals surface area contributed by atoms with E-state index in [9.17, 15) is 4.79 Å². The number of carbonyl (C=O) groups excluding carboxylic acids is 1. The summed E-state index contributed by atoms with van der Waals surface area (Å²) in [5.41, 5.74) is 11.4. The van der Waals surface area contributed by atoms with Gasteiger partial charge in [0.05, 0.1) is 10.7 Å². The van der Waals surface area contributed by atoms with Gasteiger partial charge in [0, 0.05) is 12.0 Å². The molecule has 0 saturated heterocycles. The fraction of sp³-hybridized carbons (Fsp3) is 0.235. The third kappa shape index (κ3) is 3.02. The van der Waals surface area contributed by atoms with E-state index in [1.54, 1.807) is 18.2 Å². The van der Waals surface area contributed by atoms with Crippen LogP contribution in [0.15, 0.2) is 30.3 Å². The maximum Gasteiger partial charge on any atom is 0.167 e. The zero-order valence-corrected chi connectivity index (χ0v) is 12.7. The van der Waals surface area contributed by atoms with Gasteiger partial charge in [0.25, 0.3) is 0 Å². The van der Waals surface area contributed by atoms with Crippen LogP contribution in [0.4, 0.5) is 5.69 Å². The van der Waals surface area contributed by atoms with Crippen LogP contribution in [0.25, 0.3) is 0 Å². The summed E-state index contributed by atoms with van der Waals surface area (Å²) in [6.45, 7) is 6.14. The smallest absolute Gasteiger partial charge is 0.167 e. The summed E-state index contributed by atoms with van der Waals surface area (Å²) in [4.78, 5) is 12.4. The van der Waals surface area contributed by atoms with Crippen molar-refractivity contribution in [3.8, 4) is 0 Å². The molecule has 0 aliphatic rings. The van der Waals surface area contributed by atoms with Crippen LogP contribution in [-0.4, -0.2) is 5.78 Å². The van der Waals surface area contributed by atoms with Gasteiger partial charge in [0.15, 0.2) is 5.78 Å². The molecular formula is C17H18ClNO. The first-order chi connectivity index (χ1) is 9.38. The Morgan fingerprint density at radius 1 is 1.10 bits per heavy atom. The van der Waals surface area contributed by atoms with E-state index in [2.05, 4.69) is 19.1 Å². The molecule has 104 valence electrons. The van der Waals surface area contributed by atoms with Gasteiger partial charge in [0.2, 0.25) is 0 Å². The molecule has 3 heteroatoms. The van der Waals surface area contributed by atoms with Crippen LogP contribution in [-0.2, 0) is 6.42 Å². The molecule has 2 aromatic carbocycles. The van der Waals surface area contributed by atoms with Crippen molar-refractivity contribution in [1.29, 1.82) is 0 Å². The number of rotatable bonds is 3. The lowest BCUT2D eigenvalue weighted by molar-refractivity contribution is 0.0992. The summed E-state index contributed by atoms with van der Waals surface area (Å²) in [6, 6.07) is 9.24. The lowest BCUT2D eigenvalue weighted by Gasteiger charge is -2.11. The number of halogens is 1. The van der Waals surface area contributed by atoms with Gasteiger partial charge >= 0.3 is 0 Å². The Balaban J connectivity index is 2.30. The van der Waals surface area contributed by atoms with Gasteiger partial charge in [-0.2, -0.15) is 0 Å². The van der Waals surface area contributed by atoms with Crippen molar-refractivity contribution in [2.24, 2.45) is 0 Å². The molecule has 2 aromatic rings. The number of ketones is 1. The molecule has 2 N–H and O–H groups in total. The topological polar surface area (TPSA) is 43.1 Å². The van der Waals surface area contributed by atoms with Crippen LogP contribution >= 0.6 is 11.6 Å². The van der Waals surface area contributed by atoms with E-state index in [1.807, 2.05) is 13.8 Å². The number of nitrogens with two attached hydrogens (primary N) is 1. The number of aryl methyl sites for hydroxylation is 3. The van der Waals surface area contributed by atoms with Crippen molar-refractivity contribution < 1.29 is 4.79 Å². The average Bonchev–Trinajstić information content (AvgIpc) is 2.36. The average molecular weight is 288 g/mol. The summed E-state index contributed by atoms with van der Waals surface area (Å²) < 4.78 is 0. The van der Waals surface area contributed by atoms with Crippen LogP contribution in [0.2, 0.25) is 5.02 Å². The molecule has 2 rings (SSSR count). The van der Waals surface area contributed by atoms with Crippen LogP contribution in [0.5, 0.6) is 0 Å². The maximum absolute atomic E-state index is 12.4. The molecule has 0 aliphatic carbocycles. The normalized spacial score (nSPS) is 10.6. The van der Waals surface area contributed by atoms with Gasteiger partial charge in [-0.3, -0.25) is 4.79 Å². The predicted octanol–water partition coefficient (Wildman–Crippen LogP) is 4.27. The van der Waals surface area contributed by atoms with Crippen molar-refractivity contribution in [3.05, 3.63) is 63.2 Å². The van der Waals surface area contributed by atoms with Crippen LogP contribution in [0.1, 0.15) is 32.6 Å². The Morgan fingerprint density at radius 2 is 1.70 bits per heavy atom. The lowest BCUT2D eigenvalue weighted by Crippen LogP contribution is -2.07. The molecule has 0 heterocycles. The van der Waals surface area contributed by atoms with Gasteiger partial charge in [-0.25, -0.2) is 0 Å². The highest BCUT2D eigenvalue weighted by Crippen LogP contribution is 2.22.